The van der Waals surface area contributed by atoms with Gasteiger partial charge in [0, 0.05) is 12.1 Å². The summed E-state index contributed by atoms with van der Waals surface area (Å²) in [6.45, 7) is 0.273. The number of nitrogens with two attached hydrogens (primary N) is 1. The lowest BCUT2D eigenvalue weighted by Crippen LogP contribution is -2.25. The van der Waals surface area contributed by atoms with Crippen molar-refractivity contribution in [2.45, 2.75) is 19.1 Å². The summed E-state index contributed by atoms with van der Waals surface area (Å²) in [5, 5.41) is 14.6. The number of amides is 1. The maximum Gasteiger partial charge on any atom is 0.295 e. The van der Waals surface area contributed by atoms with Crippen molar-refractivity contribution >= 4 is 17.3 Å². The summed E-state index contributed by atoms with van der Waals surface area (Å²) < 4.78 is 0. The molecule has 118 valence electrons. The summed E-state index contributed by atoms with van der Waals surface area (Å²) in [5.74, 6) is -0.542. The first-order valence-corrected chi connectivity index (χ1v) is 7.26. The van der Waals surface area contributed by atoms with Crippen molar-refractivity contribution in [3.05, 3.63) is 65.7 Å². The van der Waals surface area contributed by atoms with Crippen LogP contribution in [0, 0.1) is 0 Å². The summed E-state index contributed by atoms with van der Waals surface area (Å²) in [6, 6.07) is 16.1. The molecule has 0 radical (unpaired) electrons. The van der Waals surface area contributed by atoms with E-state index in [9.17, 15) is 10.0 Å². The van der Waals surface area contributed by atoms with E-state index in [1.54, 1.807) is 24.3 Å². The molecule has 2 aromatic carbocycles. The van der Waals surface area contributed by atoms with Crippen LogP contribution in [0.5, 0.6) is 0 Å². The van der Waals surface area contributed by atoms with Crippen molar-refractivity contribution in [2.75, 3.05) is 5.73 Å². The molecule has 3 N–H and O–H groups in total. The van der Waals surface area contributed by atoms with Gasteiger partial charge in [0.2, 0.25) is 0 Å². The lowest BCUT2D eigenvalue weighted by molar-refractivity contribution is -0.162. The second-order valence-electron chi connectivity index (χ2n) is 5.33. The molecule has 1 fully saturated rings. The van der Waals surface area contributed by atoms with Gasteiger partial charge in [-0.15, -0.1) is 0 Å². The van der Waals surface area contributed by atoms with Gasteiger partial charge in [-0.05, 0) is 23.3 Å². The van der Waals surface area contributed by atoms with E-state index in [0.717, 1.165) is 11.1 Å². The fraction of sp³-hybridized carbons (Fsp3) is 0.176. The van der Waals surface area contributed by atoms with Crippen molar-refractivity contribution < 1.29 is 14.8 Å². The molecule has 0 bridgehead atoms. The Kier molecular flexibility index (Phi) is 4.25. The molecule has 1 heterocycles. The zero-order valence-electron chi connectivity index (χ0n) is 12.4. The molecule has 0 spiro atoms. The van der Waals surface area contributed by atoms with Gasteiger partial charge < -0.3 is 10.6 Å². The normalized spacial score (nSPS) is 19.3. The number of oxime groups is 1. The van der Waals surface area contributed by atoms with E-state index >= 15 is 0 Å². The van der Waals surface area contributed by atoms with Gasteiger partial charge in [0.1, 0.15) is 12.3 Å². The molecule has 6 heteroatoms. The molecule has 1 atom stereocenters. The van der Waals surface area contributed by atoms with Crippen LogP contribution >= 0.6 is 0 Å². The Morgan fingerprint density at radius 2 is 1.87 bits per heavy atom. The first-order chi connectivity index (χ1) is 11.1. The first-order valence-electron chi connectivity index (χ1n) is 7.26. The van der Waals surface area contributed by atoms with E-state index in [-0.39, 0.29) is 18.7 Å². The highest BCUT2D eigenvalue weighted by Crippen LogP contribution is 2.30. The second-order valence-corrected chi connectivity index (χ2v) is 5.33. The van der Waals surface area contributed by atoms with Crippen molar-refractivity contribution in [3.63, 3.8) is 0 Å². The highest BCUT2D eigenvalue weighted by Gasteiger charge is 2.37. The number of nitrogen functional groups attached to an aromatic ring is 1. The predicted octanol–water partition coefficient (Wildman–Crippen LogP) is 2.50. The Morgan fingerprint density at radius 3 is 2.57 bits per heavy atom. The van der Waals surface area contributed by atoms with Gasteiger partial charge in [0.25, 0.3) is 5.91 Å². The predicted molar refractivity (Wildman–Crippen MR) is 85.5 cm³/mol. The Labute approximate surface area is 133 Å². The molecule has 0 aromatic heterocycles. The summed E-state index contributed by atoms with van der Waals surface area (Å²) >= 11 is 0. The highest BCUT2D eigenvalue weighted by molar-refractivity contribution is 6.40. The van der Waals surface area contributed by atoms with Crippen LogP contribution in [0.2, 0.25) is 0 Å². The maximum absolute atomic E-state index is 12.0. The number of anilines is 1. The van der Waals surface area contributed by atoms with Crippen molar-refractivity contribution in [1.29, 1.82) is 0 Å². The van der Waals surface area contributed by atoms with Crippen LogP contribution in [-0.2, 0) is 16.2 Å². The maximum atomic E-state index is 12.0. The molecular formula is C17H17N3O3. The molecule has 1 amide bonds. The third-order valence-corrected chi connectivity index (χ3v) is 3.71. The standard InChI is InChI=1S/C17H17N3O3/c18-14-8-6-13(7-9-14)16-10-15(17(21)20(16)22)19-23-11-12-4-2-1-3-5-12/h1-9,16,22H,10-11,18H2. The second kappa shape index (κ2) is 6.50. The number of carbonyl (C=O) groups is 1. The number of rotatable bonds is 4. The minimum absolute atomic E-state index is 0.199. The summed E-state index contributed by atoms with van der Waals surface area (Å²) in [6.07, 6.45) is 0.286. The van der Waals surface area contributed by atoms with Gasteiger partial charge in [-0.25, -0.2) is 5.06 Å². The molecule has 6 nitrogen and oxygen atoms in total. The summed E-state index contributed by atoms with van der Waals surface area (Å²) in [7, 11) is 0. The third kappa shape index (κ3) is 3.32. The molecule has 3 rings (SSSR count). The third-order valence-electron chi connectivity index (χ3n) is 3.71. The van der Waals surface area contributed by atoms with Crippen molar-refractivity contribution in [2.24, 2.45) is 5.16 Å². The number of benzene rings is 2. The molecular weight excluding hydrogens is 294 g/mol. The van der Waals surface area contributed by atoms with Crippen LogP contribution in [0.3, 0.4) is 0 Å². The van der Waals surface area contributed by atoms with E-state index in [0.29, 0.717) is 10.8 Å². The van der Waals surface area contributed by atoms with Crippen LogP contribution in [0.1, 0.15) is 23.6 Å². The highest BCUT2D eigenvalue weighted by atomic mass is 16.6. The van der Waals surface area contributed by atoms with Gasteiger partial charge in [-0.2, -0.15) is 0 Å². The Hall–Kier alpha value is -2.86. The quantitative estimate of drug-likeness (QED) is 0.516. The fourth-order valence-electron chi connectivity index (χ4n) is 2.44. The van der Waals surface area contributed by atoms with Crippen molar-refractivity contribution in [1.82, 2.24) is 5.06 Å². The minimum atomic E-state index is -0.542. The zero-order chi connectivity index (χ0) is 16.2. The van der Waals surface area contributed by atoms with Crippen LogP contribution < -0.4 is 5.73 Å². The molecule has 23 heavy (non-hydrogen) atoms. The number of nitrogens with zero attached hydrogens (tertiary/aromatic N) is 2. The number of carbonyl (C=O) groups excluding carboxylic acids is 1. The largest absolute Gasteiger partial charge is 0.399 e. The number of hydrogen-bond acceptors (Lipinski definition) is 5. The van der Waals surface area contributed by atoms with Crippen LogP contribution in [0.4, 0.5) is 5.69 Å². The Bertz CT molecular complexity index is 714. The Morgan fingerprint density at radius 1 is 1.17 bits per heavy atom. The van der Waals surface area contributed by atoms with Gasteiger partial charge >= 0.3 is 0 Å². The SMILES string of the molecule is Nc1ccc(C2CC(=NOCc3ccccc3)C(=O)N2O)cc1. The topological polar surface area (TPSA) is 88.2 Å². The van der Waals surface area contributed by atoms with Gasteiger partial charge in [0.15, 0.2) is 0 Å². The average molecular weight is 311 g/mol. The average Bonchev–Trinajstić information content (AvgIpc) is 2.85. The van der Waals surface area contributed by atoms with E-state index in [4.69, 9.17) is 10.6 Å². The Balaban J connectivity index is 1.68. The van der Waals surface area contributed by atoms with Crippen molar-refractivity contribution in [3.8, 4) is 0 Å². The van der Waals surface area contributed by atoms with E-state index in [1.807, 2.05) is 30.3 Å². The molecule has 1 unspecified atom stereocenters. The molecule has 2 aromatic rings. The molecule has 1 saturated heterocycles. The van der Waals surface area contributed by atoms with Crippen LogP contribution in [-0.4, -0.2) is 21.9 Å². The van der Waals surface area contributed by atoms with E-state index < -0.39 is 11.9 Å². The van der Waals surface area contributed by atoms with Gasteiger partial charge in [-0.3, -0.25) is 10.0 Å². The molecule has 1 aliphatic heterocycles. The lowest BCUT2D eigenvalue weighted by Gasteiger charge is -2.16. The number of hydroxylamine groups is 2. The first kappa shape index (κ1) is 15.1. The zero-order valence-corrected chi connectivity index (χ0v) is 12.4. The molecule has 0 saturated carbocycles. The minimum Gasteiger partial charge on any atom is -0.399 e. The monoisotopic (exact) mass is 311 g/mol. The fourth-order valence-corrected chi connectivity index (χ4v) is 2.44. The van der Waals surface area contributed by atoms with E-state index in [2.05, 4.69) is 5.16 Å². The molecule has 1 aliphatic rings. The van der Waals surface area contributed by atoms with Crippen LogP contribution in [0.25, 0.3) is 0 Å². The van der Waals surface area contributed by atoms with E-state index in [1.165, 1.54) is 0 Å². The van der Waals surface area contributed by atoms with Gasteiger partial charge in [0.05, 0.1) is 6.04 Å². The smallest absolute Gasteiger partial charge is 0.295 e. The summed E-state index contributed by atoms with van der Waals surface area (Å²) in [4.78, 5) is 17.3. The van der Waals surface area contributed by atoms with Gasteiger partial charge in [-0.1, -0.05) is 47.6 Å². The lowest BCUT2D eigenvalue weighted by atomic mass is 10.0. The molecule has 0 aliphatic carbocycles. The number of hydrogen-bond donors (Lipinski definition) is 2. The van der Waals surface area contributed by atoms with Crippen LogP contribution in [0.15, 0.2) is 59.8 Å². The summed E-state index contributed by atoms with van der Waals surface area (Å²) in [5.41, 5.74) is 8.23.